The van der Waals surface area contributed by atoms with Gasteiger partial charge in [-0.3, -0.25) is 14.6 Å². The van der Waals surface area contributed by atoms with Gasteiger partial charge < -0.3 is 15.0 Å². The molecular weight excluding hydrogens is 330 g/mol. The number of pyridine rings is 1. The molecule has 1 heterocycles. The molecule has 0 saturated heterocycles. The van der Waals surface area contributed by atoms with E-state index < -0.39 is 0 Å². The van der Waals surface area contributed by atoms with Crippen LogP contribution in [0.5, 0.6) is 5.75 Å². The van der Waals surface area contributed by atoms with Crippen LogP contribution in [0.3, 0.4) is 0 Å². The van der Waals surface area contributed by atoms with Gasteiger partial charge in [0.2, 0.25) is 11.8 Å². The zero-order valence-electron chi connectivity index (χ0n) is 15.4. The van der Waals surface area contributed by atoms with E-state index in [1.807, 2.05) is 56.3 Å². The number of para-hydroxylation sites is 2. The Labute approximate surface area is 154 Å². The molecule has 26 heavy (non-hydrogen) atoms. The van der Waals surface area contributed by atoms with E-state index in [4.69, 9.17) is 4.74 Å². The van der Waals surface area contributed by atoms with E-state index in [1.54, 1.807) is 11.1 Å². The molecule has 0 aliphatic heterocycles. The Bertz CT molecular complexity index is 732. The zero-order chi connectivity index (χ0) is 18.9. The average Bonchev–Trinajstić information content (AvgIpc) is 2.61. The van der Waals surface area contributed by atoms with Gasteiger partial charge in [-0.05, 0) is 38.1 Å². The fourth-order valence-corrected chi connectivity index (χ4v) is 2.47. The molecular formula is C20H25N3O3. The number of ether oxygens (including phenoxy) is 1. The van der Waals surface area contributed by atoms with Crippen LogP contribution in [-0.2, 0) is 16.1 Å². The molecule has 2 aromatic rings. The number of aromatic nitrogens is 1. The zero-order valence-corrected chi connectivity index (χ0v) is 15.4. The molecule has 1 aromatic heterocycles. The summed E-state index contributed by atoms with van der Waals surface area (Å²) in [7, 11) is 0. The van der Waals surface area contributed by atoms with Crippen LogP contribution in [0.1, 0.15) is 32.9 Å². The molecule has 0 unspecified atom stereocenters. The van der Waals surface area contributed by atoms with Gasteiger partial charge in [-0.1, -0.05) is 18.2 Å². The first kappa shape index (κ1) is 19.4. The predicted molar refractivity (Wildman–Crippen MR) is 101 cm³/mol. The second-order valence-corrected chi connectivity index (χ2v) is 6.15. The predicted octanol–water partition coefficient (Wildman–Crippen LogP) is 2.93. The Morgan fingerprint density at radius 1 is 1.15 bits per heavy atom. The molecule has 1 N–H and O–H groups in total. The number of hydrogen-bond donors (Lipinski definition) is 1. The van der Waals surface area contributed by atoms with Crippen molar-refractivity contribution >= 4 is 17.5 Å². The lowest BCUT2D eigenvalue weighted by Gasteiger charge is -2.24. The summed E-state index contributed by atoms with van der Waals surface area (Å²) in [5, 5.41) is 2.82. The third-order valence-corrected chi connectivity index (χ3v) is 3.65. The molecule has 2 amide bonds. The molecule has 0 bridgehead atoms. The van der Waals surface area contributed by atoms with Crippen molar-refractivity contribution < 1.29 is 14.3 Å². The van der Waals surface area contributed by atoms with E-state index in [2.05, 4.69) is 10.3 Å². The Morgan fingerprint density at radius 3 is 2.54 bits per heavy atom. The number of carbonyl (C=O) groups excluding carboxylic acids is 2. The molecule has 0 fully saturated rings. The number of hydrogen-bond acceptors (Lipinski definition) is 4. The van der Waals surface area contributed by atoms with Crippen molar-refractivity contribution in [1.82, 2.24) is 10.3 Å². The molecule has 0 aliphatic rings. The Balaban J connectivity index is 1.98. The minimum atomic E-state index is -0.137. The van der Waals surface area contributed by atoms with Crippen molar-refractivity contribution in [1.29, 1.82) is 0 Å². The van der Waals surface area contributed by atoms with Crippen molar-refractivity contribution in [2.75, 3.05) is 11.4 Å². The van der Waals surface area contributed by atoms with E-state index in [0.29, 0.717) is 18.0 Å². The van der Waals surface area contributed by atoms with Crippen molar-refractivity contribution in [2.24, 2.45) is 0 Å². The summed E-state index contributed by atoms with van der Waals surface area (Å²) in [5.41, 5.74) is 1.46. The Hall–Kier alpha value is -2.89. The Kier molecular flexibility index (Phi) is 7.14. The summed E-state index contributed by atoms with van der Waals surface area (Å²) in [5.74, 6) is 0.359. The highest BCUT2D eigenvalue weighted by Crippen LogP contribution is 2.29. The summed E-state index contributed by atoms with van der Waals surface area (Å²) in [4.78, 5) is 30.0. The van der Waals surface area contributed by atoms with E-state index >= 15 is 0 Å². The molecule has 0 aliphatic carbocycles. The van der Waals surface area contributed by atoms with Crippen LogP contribution in [0.2, 0.25) is 0 Å². The fourth-order valence-electron chi connectivity index (χ4n) is 2.47. The highest BCUT2D eigenvalue weighted by molar-refractivity contribution is 5.93. The highest BCUT2D eigenvalue weighted by atomic mass is 16.5. The molecule has 6 heteroatoms. The third-order valence-electron chi connectivity index (χ3n) is 3.65. The monoisotopic (exact) mass is 355 g/mol. The second-order valence-electron chi connectivity index (χ2n) is 6.15. The van der Waals surface area contributed by atoms with Gasteiger partial charge in [0.05, 0.1) is 24.0 Å². The van der Waals surface area contributed by atoms with Crippen LogP contribution >= 0.6 is 0 Å². The Morgan fingerprint density at radius 2 is 1.88 bits per heavy atom. The molecule has 0 saturated carbocycles. The molecule has 138 valence electrons. The standard InChI is InChI=1S/C20H25N3O3/c1-15(2)26-19-10-5-4-9-18(19)23(16(3)24)13-11-20(25)22-14-17-8-6-7-12-21-17/h4-10,12,15H,11,13-14H2,1-3H3,(H,22,25). The number of rotatable bonds is 8. The molecule has 0 atom stereocenters. The largest absolute Gasteiger partial charge is 0.489 e. The summed E-state index contributed by atoms with van der Waals surface area (Å²) in [6.45, 7) is 5.99. The number of nitrogens with zero attached hydrogens (tertiary/aromatic N) is 2. The number of amides is 2. The number of anilines is 1. The van der Waals surface area contributed by atoms with Crippen LogP contribution in [0.15, 0.2) is 48.7 Å². The smallest absolute Gasteiger partial charge is 0.223 e. The van der Waals surface area contributed by atoms with Crippen molar-refractivity contribution in [3.63, 3.8) is 0 Å². The van der Waals surface area contributed by atoms with Gasteiger partial charge in [-0.15, -0.1) is 0 Å². The minimum Gasteiger partial charge on any atom is -0.489 e. The molecule has 0 radical (unpaired) electrons. The van der Waals surface area contributed by atoms with Crippen molar-refractivity contribution in [3.8, 4) is 5.75 Å². The fraction of sp³-hybridized carbons (Fsp3) is 0.350. The summed E-state index contributed by atoms with van der Waals surface area (Å²) in [6, 6.07) is 12.9. The average molecular weight is 355 g/mol. The lowest BCUT2D eigenvalue weighted by atomic mass is 10.2. The number of nitrogens with one attached hydrogen (secondary N) is 1. The van der Waals surface area contributed by atoms with E-state index in [0.717, 1.165) is 5.69 Å². The SMILES string of the molecule is CC(=O)N(CCC(=O)NCc1ccccn1)c1ccccc1OC(C)C. The van der Waals surface area contributed by atoms with Crippen LogP contribution < -0.4 is 15.0 Å². The van der Waals surface area contributed by atoms with Gasteiger partial charge in [0.25, 0.3) is 0 Å². The van der Waals surface area contributed by atoms with Crippen LogP contribution in [-0.4, -0.2) is 29.4 Å². The maximum absolute atomic E-state index is 12.1. The quantitative estimate of drug-likeness (QED) is 0.790. The van der Waals surface area contributed by atoms with Crippen molar-refractivity contribution in [2.45, 2.75) is 39.8 Å². The number of carbonyl (C=O) groups is 2. The molecule has 2 rings (SSSR count). The van der Waals surface area contributed by atoms with E-state index in [9.17, 15) is 9.59 Å². The van der Waals surface area contributed by atoms with E-state index in [1.165, 1.54) is 6.92 Å². The first-order valence-electron chi connectivity index (χ1n) is 8.67. The van der Waals surface area contributed by atoms with Gasteiger partial charge >= 0.3 is 0 Å². The highest BCUT2D eigenvalue weighted by Gasteiger charge is 2.18. The molecule has 6 nitrogen and oxygen atoms in total. The molecule has 0 spiro atoms. The summed E-state index contributed by atoms with van der Waals surface area (Å²) in [6.07, 6.45) is 1.87. The normalized spacial score (nSPS) is 10.5. The maximum Gasteiger partial charge on any atom is 0.223 e. The molecule has 1 aromatic carbocycles. The van der Waals surface area contributed by atoms with Crippen molar-refractivity contribution in [3.05, 3.63) is 54.4 Å². The van der Waals surface area contributed by atoms with Gasteiger partial charge in [-0.25, -0.2) is 0 Å². The number of benzene rings is 1. The first-order chi connectivity index (χ1) is 12.5. The van der Waals surface area contributed by atoms with Crippen LogP contribution in [0, 0.1) is 0 Å². The third kappa shape index (κ3) is 5.88. The first-order valence-corrected chi connectivity index (χ1v) is 8.67. The van der Waals surface area contributed by atoms with Gasteiger partial charge in [0.15, 0.2) is 0 Å². The van der Waals surface area contributed by atoms with Gasteiger partial charge in [0, 0.05) is 26.1 Å². The minimum absolute atomic E-state index is 0.00775. The van der Waals surface area contributed by atoms with Gasteiger partial charge in [-0.2, -0.15) is 0 Å². The summed E-state index contributed by atoms with van der Waals surface area (Å²) >= 11 is 0. The lowest BCUT2D eigenvalue weighted by Crippen LogP contribution is -2.34. The second kappa shape index (κ2) is 9.56. The van der Waals surface area contributed by atoms with E-state index in [-0.39, 0.29) is 30.9 Å². The summed E-state index contributed by atoms with van der Waals surface area (Å²) < 4.78 is 5.79. The van der Waals surface area contributed by atoms with Gasteiger partial charge in [0.1, 0.15) is 5.75 Å². The maximum atomic E-state index is 12.1. The topological polar surface area (TPSA) is 71.5 Å². The van der Waals surface area contributed by atoms with Crippen LogP contribution in [0.4, 0.5) is 5.69 Å². The lowest BCUT2D eigenvalue weighted by molar-refractivity contribution is -0.121. The van der Waals surface area contributed by atoms with Crippen LogP contribution in [0.25, 0.3) is 0 Å².